The summed E-state index contributed by atoms with van der Waals surface area (Å²) in [5.74, 6) is -0.197. The predicted octanol–water partition coefficient (Wildman–Crippen LogP) is 1.51. The lowest BCUT2D eigenvalue weighted by molar-refractivity contribution is 0.158. The molecule has 134 valence electrons. The van der Waals surface area contributed by atoms with Crippen LogP contribution in [0.4, 0.5) is 5.69 Å². The van der Waals surface area contributed by atoms with Crippen LogP contribution < -0.4 is 10.7 Å². The van der Waals surface area contributed by atoms with E-state index in [1.807, 2.05) is 28.8 Å². The number of benzene rings is 1. The summed E-state index contributed by atoms with van der Waals surface area (Å²) in [6.07, 6.45) is 1.69. The number of piperazine rings is 1. The number of anilines is 1. The molecule has 0 amide bonds. The highest BCUT2D eigenvalue weighted by Gasteiger charge is 2.12. The number of hydrogen-bond acceptors (Lipinski definition) is 5. The van der Waals surface area contributed by atoms with Gasteiger partial charge < -0.3 is 19.9 Å². The van der Waals surface area contributed by atoms with Gasteiger partial charge in [0.25, 0.3) is 0 Å². The van der Waals surface area contributed by atoms with Gasteiger partial charge in [0.15, 0.2) is 5.75 Å². The number of aromatic nitrogens is 1. The molecule has 0 aliphatic carbocycles. The Labute approximate surface area is 148 Å². The van der Waals surface area contributed by atoms with Crippen LogP contribution in [0, 0.1) is 6.92 Å². The Kier molecular flexibility index (Phi) is 5.40. The van der Waals surface area contributed by atoms with Crippen molar-refractivity contribution < 1.29 is 5.11 Å². The van der Waals surface area contributed by atoms with Gasteiger partial charge in [-0.3, -0.25) is 9.69 Å². The van der Waals surface area contributed by atoms with E-state index in [-0.39, 0.29) is 11.2 Å². The highest BCUT2D eigenvalue weighted by atomic mass is 16.3. The summed E-state index contributed by atoms with van der Waals surface area (Å²) in [6.45, 7) is 8.24. The minimum absolute atomic E-state index is 0.197. The maximum Gasteiger partial charge on any atom is 0.223 e. The first kappa shape index (κ1) is 17.5. The van der Waals surface area contributed by atoms with E-state index >= 15 is 0 Å². The molecule has 1 aliphatic rings. The van der Waals surface area contributed by atoms with E-state index in [1.54, 1.807) is 13.1 Å². The third-order valence-corrected chi connectivity index (χ3v) is 4.81. The van der Waals surface area contributed by atoms with Crippen molar-refractivity contribution in [3.63, 3.8) is 0 Å². The molecule has 1 saturated heterocycles. The third-order valence-electron chi connectivity index (χ3n) is 4.81. The molecule has 1 aromatic heterocycles. The zero-order valence-corrected chi connectivity index (χ0v) is 14.9. The summed E-state index contributed by atoms with van der Waals surface area (Å²) in [7, 11) is 2.17. The Hall–Kier alpha value is -2.31. The summed E-state index contributed by atoms with van der Waals surface area (Å²) in [4.78, 5) is 16.3. The summed E-state index contributed by atoms with van der Waals surface area (Å²) >= 11 is 0. The average molecular weight is 342 g/mol. The molecule has 6 heteroatoms. The number of rotatable bonds is 5. The standard InChI is InChI=1S/C19H26N4O2/c1-15-19(25)18(24)7-9-23(15)17-5-3-16(4-6-17)20-8-10-22-13-11-21(2)12-14-22/h3-7,9,20,25H,8,10-14H2,1-2H3. The van der Waals surface area contributed by atoms with Crippen LogP contribution >= 0.6 is 0 Å². The zero-order valence-electron chi connectivity index (χ0n) is 14.9. The second kappa shape index (κ2) is 7.72. The van der Waals surface area contributed by atoms with E-state index in [0.717, 1.165) is 50.6 Å². The van der Waals surface area contributed by atoms with Crippen molar-refractivity contribution in [3.05, 3.63) is 52.4 Å². The van der Waals surface area contributed by atoms with E-state index in [9.17, 15) is 9.90 Å². The molecule has 2 N–H and O–H groups in total. The summed E-state index contributed by atoms with van der Waals surface area (Å²) in [5, 5.41) is 13.3. The van der Waals surface area contributed by atoms with Gasteiger partial charge in [0.05, 0.1) is 5.69 Å². The topological polar surface area (TPSA) is 60.7 Å². The molecule has 2 aromatic rings. The molecule has 0 atom stereocenters. The van der Waals surface area contributed by atoms with Crippen LogP contribution in [0.25, 0.3) is 5.69 Å². The lowest BCUT2D eigenvalue weighted by atomic mass is 10.2. The maximum atomic E-state index is 11.5. The van der Waals surface area contributed by atoms with Gasteiger partial charge in [-0.2, -0.15) is 0 Å². The Bertz CT molecular complexity index is 762. The fourth-order valence-electron chi connectivity index (χ4n) is 3.07. The molecule has 0 radical (unpaired) electrons. The average Bonchev–Trinajstić information content (AvgIpc) is 2.62. The zero-order chi connectivity index (χ0) is 17.8. The molecule has 3 rings (SSSR count). The third kappa shape index (κ3) is 4.21. The molecule has 1 fully saturated rings. The van der Waals surface area contributed by atoms with Crippen LogP contribution in [0.15, 0.2) is 41.3 Å². The molecular formula is C19H26N4O2. The molecule has 0 saturated carbocycles. The first-order valence-corrected chi connectivity index (χ1v) is 8.71. The van der Waals surface area contributed by atoms with Crippen LogP contribution in [-0.2, 0) is 0 Å². The number of hydrogen-bond donors (Lipinski definition) is 2. The van der Waals surface area contributed by atoms with Crippen LogP contribution in [0.5, 0.6) is 5.75 Å². The van der Waals surface area contributed by atoms with Gasteiger partial charge in [0.1, 0.15) is 0 Å². The van der Waals surface area contributed by atoms with Gasteiger partial charge in [-0.15, -0.1) is 0 Å². The summed E-state index contributed by atoms with van der Waals surface area (Å²) < 4.78 is 1.81. The highest BCUT2D eigenvalue weighted by Crippen LogP contribution is 2.18. The molecular weight excluding hydrogens is 316 g/mol. The largest absolute Gasteiger partial charge is 0.503 e. The fourth-order valence-corrected chi connectivity index (χ4v) is 3.07. The predicted molar refractivity (Wildman–Crippen MR) is 101 cm³/mol. The van der Waals surface area contributed by atoms with Crippen molar-refractivity contribution in [3.8, 4) is 11.4 Å². The van der Waals surface area contributed by atoms with E-state index in [0.29, 0.717) is 5.69 Å². The number of nitrogens with zero attached hydrogens (tertiary/aromatic N) is 3. The van der Waals surface area contributed by atoms with Crippen molar-refractivity contribution >= 4 is 5.69 Å². The molecule has 6 nitrogen and oxygen atoms in total. The van der Waals surface area contributed by atoms with E-state index < -0.39 is 0 Å². The van der Waals surface area contributed by atoms with Crippen molar-refractivity contribution in [1.29, 1.82) is 0 Å². The number of aromatic hydroxyl groups is 1. The number of pyridine rings is 1. The monoisotopic (exact) mass is 342 g/mol. The van der Waals surface area contributed by atoms with Gasteiger partial charge in [-0.25, -0.2) is 0 Å². The molecule has 0 unspecified atom stereocenters. The van der Waals surface area contributed by atoms with E-state index in [1.165, 1.54) is 6.07 Å². The van der Waals surface area contributed by atoms with Crippen LogP contribution in [0.2, 0.25) is 0 Å². The number of nitrogens with one attached hydrogen (secondary N) is 1. The summed E-state index contributed by atoms with van der Waals surface area (Å²) in [5.41, 5.74) is 2.18. The lowest BCUT2D eigenvalue weighted by Gasteiger charge is -2.32. The normalized spacial score (nSPS) is 16.1. The smallest absolute Gasteiger partial charge is 0.223 e. The SMILES string of the molecule is Cc1c(O)c(=O)ccn1-c1ccc(NCCN2CCN(C)CC2)cc1. The highest BCUT2D eigenvalue weighted by molar-refractivity contribution is 5.49. The van der Waals surface area contributed by atoms with Crippen molar-refractivity contribution in [2.24, 2.45) is 0 Å². The molecule has 1 aliphatic heterocycles. The Morgan fingerprint density at radius 2 is 1.76 bits per heavy atom. The molecule has 2 heterocycles. The Morgan fingerprint density at radius 1 is 1.08 bits per heavy atom. The Morgan fingerprint density at radius 3 is 2.44 bits per heavy atom. The minimum Gasteiger partial charge on any atom is -0.503 e. The van der Waals surface area contributed by atoms with Crippen molar-refractivity contribution in [2.75, 3.05) is 51.6 Å². The van der Waals surface area contributed by atoms with Gasteiger partial charge >= 0.3 is 0 Å². The van der Waals surface area contributed by atoms with Crippen molar-refractivity contribution in [2.45, 2.75) is 6.92 Å². The second-order valence-corrected chi connectivity index (χ2v) is 6.60. The first-order valence-electron chi connectivity index (χ1n) is 8.71. The molecule has 0 spiro atoms. The summed E-state index contributed by atoms with van der Waals surface area (Å²) in [6, 6.07) is 9.39. The molecule has 1 aromatic carbocycles. The molecule has 25 heavy (non-hydrogen) atoms. The quantitative estimate of drug-likeness (QED) is 0.863. The van der Waals surface area contributed by atoms with E-state index in [4.69, 9.17) is 0 Å². The maximum absolute atomic E-state index is 11.5. The van der Waals surface area contributed by atoms with Crippen molar-refractivity contribution in [1.82, 2.24) is 14.4 Å². The van der Waals surface area contributed by atoms with Crippen LogP contribution in [0.1, 0.15) is 5.69 Å². The van der Waals surface area contributed by atoms with Crippen LogP contribution in [-0.4, -0.2) is 65.8 Å². The Balaban J connectivity index is 1.57. The minimum atomic E-state index is -0.351. The first-order chi connectivity index (χ1) is 12.0. The number of likely N-dealkylation sites (N-methyl/N-ethyl adjacent to an activating group) is 1. The van der Waals surface area contributed by atoms with Crippen LogP contribution in [0.3, 0.4) is 0 Å². The van der Waals surface area contributed by atoms with E-state index in [2.05, 4.69) is 22.2 Å². The van der Waals surface area contributed by atoms with Gasteiger partial charge in [-0.1, -0.05) is 0 Å². The second-order valence-electron chi connectivity index (χ2n) is 6.60. The fraction of sp³-hybridized carbons (Fsp3) is 0.421. The van der Waals surface area contributed by atoms with Gasteiger partial charge in [0, 0.05) is 62.9 Å². The lowest BCUT2D eigenvalue weighted by Crippen LogP contribution is -2.45. The van der Waals surface area contributed by atoms with Gasteiger partial charge in [-0.05, 0) is 38.2 Å². The van der Waals surface area contributed by atoms with Gasteiger partial charge in [0.2, 0.25) is 5.43 Å². The molecule has 0 bridgehead atoms.